The van der Waals surface area contributed by atoms with E-state index in [1.54, 1.807) is 11.9 Å². The average Bonchev–Trinajstić information content (AvgIpc) is 3.76. The van der Waals surface area contributed by atoms with Gasteiger partial charge in [0.15, 0.2) is 11.5 Å². The highest BCUT2D eigenvalue weighted by Crippen LogP contribution is 2.30. The molecule has 17 heteroatoms. The molecule has 4 heterocycles. The van der Waals surface area contributed by atoms with Gasteiger partial charge < -0.3 is 24.1 Å². The minimum absolute atomic E-state index is 0.115. The van der Waals surface area contributed by atoms with Crippen LogP contribution in [0.3, 0.4) is 0 Å². The van der Waals surface area contributed by atoms with Crippen molar-refractivity contribution in [1.29, 1.82) is 0 Å². The van der Waals surface area contributed by atoms with Crippen LogP contribution in [0, 0.1) is 0 Å². The summed E-state index contributed by atoms with van der Waals surface area (Å²) in [5.74, 6) is -0.927. The van der Waals surface area contributed by atoms with Crippen molar-refractivity contribution in [2.45, 2.75) is 39.2 Å². The number of nitrogens with one attached hydrogen (secondary N) is 1. The van der Waals surface area contributed by atoms with E-state index in [1.165, 1.54) is 54.9 Å². The first-order chi connectivity index (χ1) is 23.2. The summed E-state index contributed by atoms with van der Waals surface area (Å²) in [6.07, 6.45) is -2.21. The molecule has 0 bridgehead atoms. The first-order valence-electron chi connectivity index (χ1n) is 15.2. The van der Waals surface area contributed by atoms with Crippen molar-refractivity contribution in [1.82, 2.24) is 24.6 Å². The lowest BCUT2D eigenvalue weighted by molar-refractivity contribution is -0.119. The summed E-state index contributed by atoms with van der Waals surface area (Å²) in [4.78, 5) is 50.6. The number of oxazole rings is 1. The fourth-order valence-electron chi connectivity index (χ4n) is 4.82. The van der Waals surface area contributed by atoms with Crippen LogP contribution in [0.2, 0.25) is 0 Å². The van der Waals surface area contributed by atoms with Crippen LogP contribution in [0.5, 0.6) is 0 Å². The van der Waals surface area contributed by atoms with E-state index >= 15 is 0 Å². The van der Waals surface area contributed by atoms with Crippen molar-refractivity contribution in [2.24, 2.45) is 7.05 Å². The van der Waals surface area contributed by atoms with Gasteiger partial charge in [0.1, 0.15) is 29.9 Å². The molecule has 0 unspecified atom stereocenters. The summed E-state index contributed by atoms with van der Waals surface area (Å²) >= 11 is 0. The van der Waals surface area contributed by atoms with Crippen LogP contribution in [0.4, 0.5) is 40.1 Å². The van der Waals surface area contributed by atoms with Crippen LogP contribution in [-0.2, 0) is 23.1 Å². The van der Waals surface area contributed by atoms with Gasteiger partial charge in [-0.1, -0.05) is 30.3 Å². The lowest BCUT2D eigenvalue weighted by atomic mass is 10.2. The van der Waals surface area contributed by atoms with E-state index in [9.17, 15) is 27.6 Å². The third kappa shape index (κ3) is 9.13. The summed E-state index contributed by atoms with van der Waals surface area (Å²) in [5, 5.41) is 7.08. The zero-order valence-electron chi connectivity index (χ0n) is 27.2. The molecule has 5 rings (SSSR count). The van der Waals surface area contributed by atoms with Crippen molar-refractivity contribution in [2.75, 3.05) is 47.9 Å². The van der Waals surface area contributed by atoms with Gasteiger partial charge in [-0.2, -0.15) is 18.3 Å². The Hall–Kier alpha value is -5.45. The highest BCUT2D eigenvalue weighted by Gasteiger charge is 2.37. The molecule has 1 N–H and O–H groups in total. The van der Waals surface area contributed by atoms with Crippen LogP contribution in [0.25, 0.3) is 11.5 Å². The van der Waals surface area contributed by atoms with Gasteiger partial charge in [0.25, 0.3) is 5.91 Å². The van der Waals surface area contributed by atoms with E-state index < -0.39 is 30.3 Å². The molecule has 1 saturated heterocycles. The minimum Gasteiger partial charge on any atom is -0.444 e. The number of rotatable bonds is 11. The Labute approximate surface area is 279 Å². The van der Waals surface area contributed by atoms with Gasteiger partial charge in [0.2, 0.25) is 5.89 Å². The maximum absolute atomic E-state index is 13.4. The third-order valence-electron chi connectivity index (χ3n) is 6.98. The van der Waals surface area contributed by atoms with E-state index in [-0.39, 0.29) is 40.5 Å². The largest absolute Gasteiger partial charge is 0.444 e. The van der Waals surface area contributed by atoms with Gasteiger partial charge in [-0.15, -0.1) is 0 Å². The highest BCUT2D eigenvalue weighted by molar-refractivity contribution is 6.06. The number of hydrogen-bond acceptors (Lipinski definition) is 9. The second kappa shape index (κ2) is 14.3. The van der Waals surface area contributed by atoms with Gasteiger partial charge in [0.05, 0.1) is 19.4 Å². The molecule has 1 aliphatic rings. The molecule has 4 amide bonds. The highest BCUT2D eigenvalue weighted by atomic mass is 19.4. The molecule has 14 nitrogen and oxygen atoms in total. The molecule has 0 atom stereocenters. The van der Waals surface area contributed by atoms with E-state index in [2.05, 4.69) is 20.4 Å². The molecule has 260 valence electrons. The fraction of sp³-hybridized carbons (Fsp3) is 0.375. The number of carbonyl (C=O) groups excluding carboxylic acids is 3. The summed E-state index contributed by atoms with van der Waals surface area (Å²) in [6, 6.07) is 12.0. The molecule has 3 aromatic heterocycles. The number of aromatic nitrogens is 4. The van der Waals surface area contributed by atoms with Crippen molar-refractivity contribution >= 4 is 35.4 Å². The summed E-state index contributed by atoms with van der Waals surface area (Å²) in [5.41, 5.74) is 0.210. The van der Waals surface area contributed by atoms with Crippen LogP contribution in [-0.4, -0.2) is 87.2 Å². The summed E-state index contributed by atoms with van der Waals surface area (Å²) in [7, 11) is 1.64. The second-order valence-corrected chi connectivity index (χ2v) is 12.1. The third-order valence-corrected chi connectivity index (χ3v) is 6.98. The van der Waals surface area contributed by atoms with Crippen LogP contribution >= 0.6 is 0 Å². The van der Waals surface area contributed by atoms with E-state index in [0.29, 0.717) is 37.7 Å². The Morgan fingerprint density at radius 1 is 1.10 bits per heavy atom. The van der Waals surface area contributed by atoms with E-state index in [1.807, 2.05) is 30.3 Å². The Kier molecular flexibility index (Phi) is 10.2. The Bertz CT molecular complexity index is 1790. The Balaban J connectivity index is 1.25. The van der Waals surface area contributed by atoms with Crippen molar-refractivity contribution in [3.8, 4) is 11.5 Å². The predicted molar refractivity (Wildman–Crippen MR) is 171 cm³/mol. The molecular formula is C32H35F3N8O6. The topological polar surface area (TPSA) is 148 Å². The first kappa shape index (κ1) is 34.9. The SMILES string of the molecule is Cn1cc(NC(=O)c2coc(-c3ccnc(N(CC(F)(F)F)C(=O)OC(C)(C)C)c3)n2)c(N2CCN(CCOCc3ccccc3)C2=O)n1. The molecule has 1 aromatic carbocycles. The molecule has 0 aliphatic carbocycles. The van der Waals surface area contributed by atoms with Gasteiger partial charge in [0, 0.05) is 38.4 Å². The quantitative estimate of drug-likeness (QED) is 0.203. The lowest BCUT2D eigenvalue weighted by Crippen LogP contribution is -2.42. The Morgan fingerprint density at radius 2 is 1.86 bits per heavy atom. The number of alkyl halides is 3. The number of benzene rings is 1. The predicted octanol–water partition coefficient (Wildman–Crippen LogP) is 5.49. The van der Waals surface area contributed by atoms with Crippen LogP contribution < -0.4 is 15.1 Å². The number of halogens is 3. The molecule has 1 fully saturated rings. The van der Waals surface area contributed by atoms with E-state index in [0.717, 1.165) is 11.8 Å². The van der Waals surface area contributed by atoms with Gasteiger partial charge >= 0.3 is 18.3 Å². The second-order valence-electron chi connectivity index (χ2n) is 12.1. The number of carbonyl (C=O) groups is 3. The standard InChI is InChI=1S/C32H35F3N8O6/c1-31(2,3)49-30(46)43(20-32(33,34)35)25-16-22(10-11-36-25)28-38-24(19-48-28)27(44)37-23-17-40(4)39-26(23)42-13-12-41(29(42)45)14-15-47-18-21-8-6-5-7-9-21/h5-11,16-17,19H,12-15,18,20H2,1-4H3,(H,37,44). The smallest absolute Gasteiger partial charge is 0.416 e. The zero-order chi connectivity index (χ0) is 35.3. The number of ether oxygens (including phenoxy) is 2. The molecule has 0 spiro atoms. The number of nitrogens with zero attached hydrogens (tertiary/aromatic N) is 7. The van der Waals surface area contributed by atoms with E-state index in [4.69, 9.17) is 13.9 Å². The number of pyridine rings is 1. The number of urea groups is 1. The summed E-state index contributed by atoms with van der Waals surface area (Å²) in [6.45, 7) is 4.85. The van der Waals surface area contributed by atoms with Crippen molar-refractivity contribution in [3.05, 3.63) is 72.4 Å². The Morgan fingerprint density at radius 3 is 2.57 bits per heavy atom. The van der Waals surface area contributed by atoms with Crippen LogP contribution in [0.1, 0.15) is 36.8 Å². The van der Waals surface area contributed by atoms with Crippen molar-refractivity contribution < 1.29 is 41.4 Å². The monoisotopic (exact) mass is 684 g/mol. The molecule has 4 aromatic rings. The fourth-order valence-corrected chi connectivity index (χ4v) is 4.82. The summed E-state index contributed by atoms with van der Waals surface area (Å²) < 4.78 is 57.9. The normalized spacial score (nSPS) is 13.6. The van der Waals surface area contributed by atoms with Gasteiger partial charge in [-0.25, -0.2) is 19.6 Å². The molecule has 0 saturated carbocycles. The number of amides is 4. The first-order valence-corrected chi connectivity index (χ1v) is 15.2. The van der Waals surface area contributed by atoms with Crippen molar-refractivity contribution in [3.63, 3.8) is 0 Å². The average molecular weight is 685 g/mol. The minimum atomic E-state index is -4.75. The maximum atomic E-state index is 13.4. The molecule has 0 radical (unpaired) electrons. The number of anilines is 3. The maximum Gasteiger partial charge on any atom is 0.416 e. The lowest BCUT2D eigenvalue weighted by Gasteiger charge is -2.27. The molecule has 1 aliphatic heterocycles. The number of hydrogen-bond donors (Lipinski definition) is 1. The van der Waals surface area contributed by atoms with Gasteiger partial charge in [-0.05, 0) is 38.5 Å². The van der Waals surface area contributed by atoms with Gasteiger partial charge in [-0.3, -0.25) is 19.3 Å². The molecule has 49 heavy (non-hydrogen) atoms. The van der Waals surface area contributed by atoms with Crippen LogP contribution in [0.15, 0.2) is 65.5 Å². The number of aryl methyl sites for hydroxylation is 1. The molecular weight excluding hydrogens is 649 g/mol. The zero-order valence-corrected chi connectivity index (χ0v) is 27.2.